The maximum atomic E-state index is 4.17. The van der Waals surface area contributed by atoms with Gasteiger partial charge in [-0.2, -0.15) is 0 Å². The summed E-state index contributed by atoms with van der Waals surface area (Å²) in [5, 5.41) is 3.44. The molecule has 2 heterocycles. The molecule has 1 saturated heterocycles. The highest BCUT2D eigenvalue weighted by Gasteiger charge is 2.23. The van der Waals surface area contributed by atoms with Crippen LogP contribution in [-0.2, 0) is 0 Å². The molecular weight excluding hydrogens is 270 g/mol. The van der Waals surface area contributed by atoms with Crippen molar-refractivity contribution in [2.24, 2.45) is 0 Å². The molecule has 1 aromatic heterocycles. The Morgan fingerprint density at radius 1 is 0.864 bits per heavy atom. The van der Waals surface area contributed by atoms with Crippen molar-refractivity contribution in [1.29, 1.82) is 0 Å². The van der Waals surface area contributed by atoms with E-state index in [1.165, 1.54) is 16.7 Å². The number of pyridine rings is 1. The van der Waals surface area contributed by atoms with E-state index in [-0.39, 0.29) is 0 Å². The highest BCUT2D eigenvalue weighted by Crippen LogP contribution is 2.29. The Morgan fingerprint density at radius 3 is 2.00 bits per heavy atom. The molecule has 2 aromatic rings. The largest absolute Gasteiger partial charge is 0.314 e. The van der Waals surface area contributed by atoms with Gasteiger partial charge in [0, 0.05) is 38.6 Å². The number of nitrogens with one attached hydrogen (secondary N) is 1. The lowest BCUT2D eigenvalue weighted by molar-refractivity contribution is 0.198. The molecule has 0 radical (unpaired) electrons. The molecule has 1 atom stereocenters. The van der Waals surface area contributed by atoms with Gasteiger partial charge in [0.2, 0.25) is 0 Å². The molecular formula is C19H25N3. The second kappa shape index (κ2) is 7.03. The van der Waals surface area contributed by atoms with E-state index in [1.807, 2.05) is 12.4 Å². The van der Waals surface area contributed by atoms with Crippen molar-refractivity contribution < 1.29 is 0 Å². The van der Waals surface area contributed by atoms with Crippen LogP contribution in [0, 0.1) is 0 Å². The summed E-state index contributed by atoms with van der Waals surface area (Å²) < 4.78 is 0. The van der Waals surface area contributed by atoms with Gasteiger partial charge in [-0.3, -0.25) is 9.88 Å². The van der Waals surface area contributed by atoms with Crippen molar-refractivity contribution in [2.45, 2.75) is 25.8 Å². The lowest BCUT2D eigenvalue weighted by atomic mass is 9.94. The smallest absolute Gasteiger partial charge is 0.0603 e. The molecule has 3 rings (SSSR count). The Morgan fingerprint density at radius 2 is 1.41 bits per heavy atom. The zero-order chi connectivity index (χ0) is 15.4. The van der Waals surface area contributed by atoms with Crippen LogP contribution >= 0.6 is 0 Å². The van der Waals surface area contributed by atoms with Crippen LogP contribution in [0.1, 0.15) is 42.5 Å². The van der Waals surface area contributed by atoms with Crippen molar-refractivity contribution in [1.82, 2.24) is 15.2 Å². The molecule has 3 heteroatoms. The Bertz CT molecular complexity index is 571. The summed E-state index contributed by atoms with van der Waals surface area (Å²) in [6.07, 6.45) is 3.79. The van der Waals surface area contributed by atoms with Crippen LogP contribution in [0.25, 0.3) is 0 Å². The summed E-state index contributed by atoms with van der Waals surface area (Å²) in [6.45, 7) is 8.77. The number of aromatic nitrogens is 1. The fourth-order valence-electron chi connectivity index (χ4n) is 3.16. The topological polar surface area (TPSA) is 28.2 Å². The second-order valence-electron chi connectivity index (χ2n) is 6.29. The molecule has 0 spiro atoms. The average Bonchev–Trinajstić information content (AvgIpc) is 2.57. The highest BCUT2D eigenvalue weighted by atomic mass is 15.2. The van der Waals surface area contributed by atoms with Gasteiger partial charge >= 0.3 is 0 Å². The van der Waals surface area contributed by atoms with E-state index in [9.17, 15) is 0 Å². The molecule has 1 aromatic carbocycles. The molecule has 1 N–H and O–H groups in total. The van der Waals surface area contributed by atoms with Gasteiger partial charge in [-0.25, -0.2) is 0 Å². The van der Waals surface area contributed by atoms with Gasteiger partial charge in [-0.15, -0.1) is 0 Å². The van der Waals surface area contributed by atoms with Crippen molar-refractivity contribution in [3.8, 4) is 0 Å². The predicted octanol–water partition coefficient (Wildman–Crippen LogP) is 3.20. The van der Waals surface area contributed by atoms with Gasteiger partial charge in [0.25, 0.3) is 0 Å². The molecule has 116 valence electrons. The van der Waals surface area contributed by atoms with Crippen molar-refractivity contribution in [3.63, 3.8) is 0 Å². The van der Waals surface area contributed by atoms with Crippen molar-refractivity contribution in [3.05, 3.63) is 65.5 Å². The maximum Gasteiger partial charge on any atom is 0.0603 e. The highest BCUT2D eigenvalue weighted by molar-refractivity contribution is 5.33. The molecule has 0 bridgehead atoms. The van der Waals surface area contributed by atoms with Gasteiger partial charge in [-0.05, 0) is 34.7 Å². The summed E-state index contributed by atoms with van der Waals surface area (Å²) in [5.74, 6) is 0.576. The van der Waals surface area contributed by atoms with E-state index >= 15 is 0 Å². The molecule has 1 aliphatic heterocycles. The summed E-state index contributed by atoms with van der Waals surface area (Å²) in [7, 11) is 0. The number of rotatable bonds is 4. The molecule has 0 saturated carbocycles. The average molecular weight is 295 g/mol. The summed E-state index contributed by atoms with van der Waals surface area (Å²) in [6, 6.07) is 13.7. The Balaban J connectivity index is 1.93. The lowest BCUT2D eigenvalue weighted by Crippen LogP contribution is -2.45. The predicted molar refractivity (Wildman–Crippen MR) is 91.1 cm³/mol. The van der Waals surface area contributed by atoms with E-state index in [0.29, 0.717) is 12.0 Å². The van der Waals surface area contributed by atoms with Gasteiger partial charge in [0.15, 0.2) is 0 Å². The third-order valence-electron chi connectivity index (χ3n) is 4.46. The lowest BCUT2D eigenvalue weighted by Gasteiger charge is -2.35. The van der Waals surface area contributed by atoms with Gasteiger partial charge < -0.3 is 5.32 Å². The van der Waals surface area contributed by atoms with Gasteiger partial charge in [0.05, 0.1) is 6.04 Å². The summed E-state index contributed by atoms with van der Waals surface area (Å²) >= 11 is 0. The standard InChI is InChI=1S/C19H25N3/c1-15(2)16-3-5-17(6-4-16)19(18-7-9-20-10-8-18)22-13-11-21-12-14-22/h3-10,15,19,21H,11-14H2,1-2H3. The van der Waals surface area contributed by atoms with Crippen LogP contribution in [-0.4, -0.2) is 36.1 Å². The van der Waals surface area contributed by atoms with Crippen LogP contribution < -0.4 is 5.32 Å². The summed E-state index contributed by atoms with van der Waals surface area (Å²) in [5.41, 5.74) is 4.10. The van der Waals surface area contributed by atoms with Crippen molar-refractivity contribution in [2.75, 3.05) is 26.2 Å². The van der Waals surface area contributed by atoms with E-state index in [1.54, 1.807) is 0 Å². The minimum atomic E-state index is 0.325. The van der Waals surface area contributed by atoms with Gasteiger partial charge in [-0.1, -0.05) is 38.1 Å². The van der Waals surface area contributed by atoms with Gasteiger partial charge in [0.1, 0.15) is 0 Å². The Kier molecular flexibility index (Phi) is 4.86. The Labute approximate surface area is 133 Å². The van der Waals surface area contributed by atoms with Crippen LogP contribution in [0.3, 0.4) is 0 Å². The van der Waals surface area contributed by atoms with E-state index in [0.717, 1.165) is 26.2 Å². The first-order valence-corrected chi connectivity index (χ1v) is 8.20. The zero-order valence-corrected chi connectivity index (χ0v) is 13.5. The van der Waals surface area contributed by atoms with Crippen LogP contribution in [0.4, 0.5) is 0 Å². The first kappa shape index (κ1) is 15.2. The van der Waals surface area contributed by atoms with Crippen LogP contribution in [0.2, 0.25) is 0 Å². The monoisotopic (exact) mass is 295 g/mol. The minimum absolute atomic E-state index is 0.325. The molecule has 3 nitrogen and oxygen atoms in total. The molecule has 1 fully saturated rings. The van der Waals surface area contributed by atoms with E-state index in [4.69, 9.17) is 0 Å². The third-order valence-corrected chi connectivity index (χ3v) is 4.46. The quantitative estimate of drug-likeness (QED) is 0.939. The number of hydrogen-bond donors (Lipinski definition) is 1. The van der Waals surface area contributed by atoms with Crippen LogP contribution in [0.5, 0.6) is 0 Å². The normalized spacial score (nSPS) is 17.6. The van der Waals surface area contributed by atoms with E-state index in [2.05, 4.69) is 65.4 Å². The van der Waals surface area contributed by atoms with E-state index < -0.39 is 0 Å². The number of nitrogens with zero attached hydrogens (tertiary/aromatic N) is 2. The first-order valence-electron chi connectivity index (χ1n) is 8.20. The maximum absolute atomic E-state index is 4.17. The fourth-order valence-corrected chi connectivity index (χ4v) is 3.16. The Hall–Kier alpha value is -1.71. The molecule has 0 aliphatic carbocycles. The SMILES string of the molecule is CC(C)c1ccc(C(c2ccncc2)N2CCNCC2)cc1. The molecule has 0 amide bonds. The number of hydrogen-bond acceptors (Lipinski definition) is 3. The molecule has 1 aliphatic rings. The number of benzene rings is 1. The third kappa shape index (κ3) is 3.37. The zero-order valence-electron chi connectivity index (χ0n) is 13.5. The van der Waals surface area contributed by atoms with Crippen LogP contribution in [0.15, 0.2) is 48.8 Å². The molecule has 22 heavy (non-hydrogen) atoms. The minimum Gasteiger partial charge on any atom is -0.314 e. The summed E-state index contributed by atoms with van der Waals surface area (Å²) in [4.78, 5) is 6.74. The number of piperazine rings is 1. The fraction of sp³-hybridized carbons (Fsp3) is 0.421. The van der Waals surface area contributed by atoms with Crippen molar-refractivity contribution >= 4 is 0 Å². The molecule has 1 unspecified atom stereocenters. The second-order valence-corrected chi connectivity index (χ2v) is 6.29. The first-order chi connectivity index (χ1) is 10.8.